The lowest BCUT2D eigenvalue weighted by Crippen LogP contribution is -2.12. The van der Waals surface area contributed by atoms with Gasteiger partial charge in [-0.05, 0) is 30.5 Å². The largest absolute Gasteiger partial charge is 0.320 e. The summed E-state index contributed by atoms with van der Waals surface area (Å²) in [6.07, 6.45) is 0. The lowest BCUT2D eigenvalue weighted by Gasteiger charge is -2.11. The summed E-state index contributed by atoms with van der Waals surface area (Å²) < 4.78 is 15.1. The van der Waals surface area contributed by atoms with E-state index in [1.807, 2.05) is 31.2 Å². The van der Waals surface area contributed by atoms with Crippen LogP contribution in [0.5, 0.6) is 0 Å². The molecule has 1 unspecified atom stereocenters. The highest BCUT2D eigenvalue weighted by molar-refractivity contribution is 7.19. The highest BCUT2D eigenvalue weighted by atomic mass is 32.1. The van der Waals surface area contributed by atoms with Crippen LogP contribution in [0.1, 0.15) is 22.0 Å². The molecule has 3 aromatic rings. The fraction of sp³-hybridized carbons (Fsp3) is 0.125. The first kappa shape index (κ1) is 12.3. The molecule has 0 saturated heterocycles. The van der Waals surface area contributed by atoms with E-state index in [0.29, 0.717) is 5.56 Å². The van der Waals surface area contributed by atoms with Gasteiger partial charge in [0.2, 0.25) is 0 Å². The Hall–Kier alpha value is -1.71. The second-order valence-corrected chi connectivity index (χ2v) is 5.80. The second-order valence-electron chi connectivity index (χ2n) is 4.69. The Labute approximate surface area is 115 Å². The molecule has 0 spiro atoms. The molecular formula is C16H14FNS. The lowest BCUT2D eigenvalue weighted by molar-refractivity contribution is 0.600. The van der Waals surface area contributed by atoms with Crippen LogP contribution < -0.4 is 5.73 Å². The van der Waals surface area contributed by atoms with Crippen LogP contribution in [-0.2, 0) is 0 Å². The molecule has 0 fully saturated rings. The Bertz CT molecular complexity index is 699. The van der Waals surface area contributed by atoms with E-state index >= 15 is 0 Å². The van der Waals surface area contributed by atoms with Crippen LogP contribution in [0.3, 0.4) is 0 Å². The van der Waals surface area contributed by atoms with Gasteiger partial charge in [0, 0.05) is 15.1 Å². The van der Waals surface area contributed by atoms with E-state index in [9.17, 15) is 4.39 Å². The molecule has 2 N–H and O–H groups in total. The van der Waals surface area contributed by atoms with Crippen molar-refractivity contribution in [3.05, 3.63) is 70.4 Å². The quantitative estimate of drug-likeness (QED) is 0.734. The number of rotatable bonds is 2. The maximum atomic E-state index is 13.9. The third-order valence-electron chi connectivity index (χ3n) is 3.24. The van der Waals surface area contributed by atoms with Crippen molar-refractivity contribution in [3.63, 3.8) is 0 Å². The summed E-state index contributed by atoms with van der Waals surface area (Å²) in [6, 6.07) is 14.8. The molecule has 0 bridgehead atoms. The number of aryl methyl sites for hydroxylation is 1. The highest BCUT2D eigenvalue weighted by Gasteiger charge is 2.16. The highest BCUT2D eigenvalue weighted by Crippen LogP contribution is 2.32. The average molecular weight is 271 g/mol. The van der Waals surface area contributed by atoms with E-state index in [1.165, 1.54) is 10.8 Å². The van der Waals surface area contributed by atoms with Crippen LogP contribution in [-0.4, -0.2) is 0 Å². The monoisotopic (exact) mass is 271 g/mol. The molecule has 19 heavy (non-hydrogen) atoms. The lowest BCUT2D eigenvalue weighted by atomic mass is 10.0. The Balaban J connectivity index is 2.07. The summed E-state index contributed by atoms with van der Waals surface area (Å²) in [5, 5.41) is 1.16. The van der Waals surface area contributed by atoms with Crippen LogP contribution in [0.25, 0.3) is 10.1 Å². The van der Waals surface area contributed by atoms with Gasteiger partial charge in [-0.15, -0.1) is 11.3 Å². The van der Waals surface area contributed by atoms with Crippen molar-refractivity contribution < 1.29 is 4.39 Å². The SMILES string of the molecule is Cc1ccc(F)c(C(N)c2cc3ccccc3s2)c1. The predicted octanol–water partition coefficient (Wildman–Crippen LogP) is 4.40. The molecule has 1 nitrogen and oxygen atoms in total. The van der Waals surface area contributed by atoms with E-state index < -0.39 is 6.04 Å². The molecule has 2 aromatic carbocycles. The molecule has 0 aliphatic heterocycles. The van der Waals surface area contributed by atoms with Gasteiger partial charge in [0.15, 0.2) is 0 Å². The van der Waals surface area contributed by atoms with E-state index in [4.69, 9.17) is 5.73 Å². The first-order chi connectivity index (χ1) is 9.15. The van der Waals surface area contributed by atoms with Crippen molar-refractivity contribution in [1.29, 1.82) is 0 Å². The molecule has 0 amide bonds. The third kappa shape index (κ3) is 2.27. The van der Waals surface area contributed by atoms with E-state index in [2.05, 4.69) is 12.1 Å². The van der Waals surface area contributed by atoms with Crippen LogP contribution in [0.15, 0.2) is 48.5 Å². The number of fused-ring (bicyclic) bond motifs is 1. The summed E-state index contributed by atoms with van der Waals surface area (Å²) in [7, 11) is 0. The Morgan fingerprint density at radius 1 is 1.11 bits per heavy atom. The maximum absolute atomic E-state index is 13.9. The topological polar surface area (TPSA) is 26.0 Å². The summed E-state index contributed by atoms with van der Waals surface area (Å²) in [5.41, 5.74) is 7.80. The molecule has 1 aromatic heterocycles. The van der Waals surface area contributed by atoms with Gasteiger partial charge >= 0.3 is 0 Å². The third-order valence-corrected chi connectivity index (χ3v) is 4.44. The second kappa shape index (κ2) is 4.76. The van der Waals surface area contributed by atoms with Gasteiger partial charge in [0.1, 0.15) is 5.82 Å². The summed E-state index contributed by atoms with van der Waals surface area (Å²) in [6.45, 7) is 1.95. The zero-order valence-corrected chi connectivity index (χ0v) is 11.4. The summed E-state index contributed by atoms with van der Waals surface area (Å²) >= 11 is 1.62. The first-order valence-electron chi connectivity index (χ1n) is 6.15. The van der Waals surface area contributed by atoms with Gasteiger partial charge in [-0.3, -0.25) is 0 Å². The van der Waals surface area contributed by atoms with Gasteiger partial charge in [-0.1, -0.05) is 35.9 Å². The van der Waals surface area contributed by atoms with Crippen LogP contribution in [0, 0.1) is 12.7 Å². The number of hydrogen-bond acceptors (Lipinski definition) is 2. The molecular weight excluding hydrogens is 257 g/mol. The molecule has 0 aliphatic rings. The van der Waals surface area contributed by atoms with Crippen molar-refractivity contribution in [2.75, 3.05) is 0 Å². The summed E-state index contributed by atoms with van der Waals surface area (Å²) in [5.74, 6) is -0.240. The number of hydrogen-bond donors (Lipinski definition) is 1. The minimum absolute atomic E-state index is 0.240. The number of nitrogens with two attached hydrogens (primary N) is 1. The molecule has 96 valence electrons. The van der Waals surface area contributed by atoms with Gasteiger partial charge in [-0.2, -0.15) is 0 Å². The fourth-order valence-electron chi connectivity index (χ4n) is 2.21. The van der Waals surface area contributed by atoms with E-state index in [-0.39, 0.29) is 5.82 Å². The fourth-order valence-corrected chi connectivity index (χ4v) is 3.30. The zero-order chi connectivity index (χ0) is 13.4. The normalized spacial score (nSPS) is 12.8. The standard InChI is InChI=1S/C16H14FNS/c1-10-6-7-13(17)12(8-10)16(18)15-9-11-4-2-3-5-14(11)19-15/h2-9,16H,18H2,1H3. The molecule has 3 heteroatoms. The van der Waals surface area contributed by atoms with Gasteiger partial charge in [0.05, 0.1) is 6.04 Å². The number of benzene rings is 2. The minimum Gasteiger partial charge on any atom is -0.320 e. The number of halogens is 1. The first-order valence-corrected chi connectivity index (χ1v) is 6.97. The number of thiophene rings is 1. The molecule has 0 saturated carbocycles. The molecule has 0 aliphatic carbocycles. The summed E-state index contributed by atoms with van der Waals surface area (Å²) in [4.78, 5) is 0.991. The van der Waals surface area contributed by atoms with Crippen molar-refractivity contribution in [3.8, 4) is 0 Å². The minimum atomic E-state index is -0.405. The van der Waals surface area contributed by atoms with Crippen molar-refractivity contribution >= 4 is 21.4 Å². The average Bonchev–Trinajstić information content (AvgIpc) is 2.84. The van der Waals surface area contributed by atoms with Crippen molar-refractivity contribution in [2.24, 2.45) is 5.73 Å². The van der Waals surface area contributed by atoms with Crippen LogP contribution >= 0.6 is 11.3 Å². The Kier molecular flexibility index (Phi) is 3.09. The van der Waals surface area contributed by atoms with E-state index in [0.717, 1.165) is 15.8 Å². The maximum Gasteiger partial charge on any atom is 0.128 e. The van der Waals surface area contributed by atoms with Crippen LogP contribution in [0.4, 0.5) is 4.39 Å². The molecule has 3 rings (SSSR count). The molecule has 1 atom stereocenters. The van der Waals surface area contributed by atoms with Crippen LogP contribution in [0.2, 0.25) is 0 Å². The van der Waals surface area contributed by atoms with Crippen molar-refractivity contribution in [1.82, 2.24) is 0 Å². The zero-order valence-electron chi connectivity index (χ0n) is 10.6. The van der Waals surface area contributed by atoms with Gasteiger partial charge < -0.3 is 5.73 Å². The van der Waals surface area contributed by atoms with Crippen molar-refractivity contribution in [2.45, 2.75) is 13.0 Å². The Morgan fingerprint density at radius 3 is 2.68 bits per heavy atom. The van der Waals surface area contributed by atoms with E-state index in [1.54, 1.807) is 17.4 Å². The molecule has 1 heterocycles. The molecule has 0 radical (unpaired) electrons. The Morgan fingerprint density at radius 2 is 1.89 bits per heavy atom. The predicted molar refractivity (Wildman–Crippen MR) is 79.0 cm³/mol. The van der Waals surface area contributed by atoms with Gasteiger partial charge in [0.25, 0.3) is 0 Å². The smallest absolute Gasteiger partial charge is 0.128 e. The van der Waals surface area contributed by atoms with Gasteiger partial charge in [-0.25, -0.2) is 4.39 Å².